The van der Waals surface area contributed by atoms with Crippen molar-refractivity contribution in [1.82, 2.24) is 0 Å². The summed E-state index contributed by atoms with van der Waals surface area (Å²) in [5, 5.41) is 40.6. The van der Waals surface area contributed by atoms with Crippen LogP contribution in [0.4, 0.5) is 5.69 Å². The molecule has 0 bridgehead atoms. The van der Waals surface area contributed by atoms with Gasteiger partial charge in [-0.3, -0.25) is 4.79 Å². The first-order valence-corrected chi connectivity index (χ1v) is 6.75. The Bertz CT molecular complexity index is 592. The van der Waals surface area contributed by atoms with Gasteiger partial charge < -0.3 is 35.2 Å². The van der Waals surface area contributed by atoms with Gasteiger partial charge in [-0.15, -0.1) is 0 Å². The predicted molar refractivity (Wildman–Crippen MR) is 75.8 cm³/mol. The highest BCUT2D eigenvalue weighted by molar-refractivity contribution is 5.76. The van der Waals surface area contributed by atoms with Crippen molar-refractivity contribution in [3.05, 3.63) is 23.8 Å². The number of hydrogen-bond donors (Lipinski definition) is 5. The average molecular weight is 327 g/mol. The van der Waals surface area contributed by atoms with Crippen LogP contribution < -0.4 is 10.1 Å². The Kier molecular flexibility index (Phi) is 5.16. The highest BCUT2D eigenvalue weighted by Crippen LogP contribution is 2.30. The quantitative estimate of drug-likeness (QED) is 0.425. The fraction of sp³-hybridized carbons (Fsp3) is 0.429. The maximum atomic E-state index is 11.0. The number of aliphatic carboxylic acids is 1. The number of aliphatic hydroxyl groups excluding tert-OH is 3. The van der Waals surface area contributed by atoms with E-state index in [9.17, 15) is 24.9 Å². The van der Waals surface area contributed by atoms with Crippen LogP contribution in [0.15, 0.2) is 18.2 Å². The van der Waals surface area contributed by atoms with Crippen molar-refractivity contribution in [2.45, 2.75) is 37.6 Å². The number of carboxylic acids is 1. The molecule has 0 aromatic heterocycles. The number of carbonyl (C=O) groups excluding carboxylic acids is 1. The fourth-order valence-corrected chi connectivity index (χ4v) is 2.20. The number of rotatable bonds is 5. The van der Waals surface area contributed by atoms with Gasteiger partial charge in [0.25, 0.3) is 0 Å². The van der Waals surface area contributed by atoms with Gasteiger partial charge >= 0.3 is 5.97 Å². The van der Waals surface area contributed by atoms with E-state index in [2.05, 4.69) is 5.32 Å². The smallest absolute Gasteiger partial charge is 0.335 e. The summed E-state index contributed by atoms with van der Waals surface area (Å²) < 4.78 is 10.4. The molecule has 9 nitrogen and oxygen atoms in total. The molecule has 1 aromatic rings. The molecule has 1 heterocycles. The lowest BCUT2D eigenvalue weighted by atomic mass is 9.99. The summed E-state index contributed by atoms with van der Waals surface area (Å²) in [6, 6.07) is 4.75. The maximum absolute atomic E-state index is 11.0. The molecule has 1 aromatic carbocycles. The summed E-state index contributed by atoms with van der Waals surface area (Å²) in [5.74, 6) is -1.40. The molecular formula is C14H17NO8. The lowest BCUT2D eigenvalue weighted by Gasteiger charge is -2.38. The number of hydrogen-bond acceptors (Lipinski definition) is 7. The first-order valence-electron chi connectivity index (χ1n) is 6.75. The fourth-order valence-electron chi connectivity index (χ4n) is 2.20. The standard InChI is InChI=1S/C14H17NO8/c1-6-2-3-8(7(4-6)15-5-16)22-14-11(19)9(17)10(18)12(23-14)13(20)21/h2-5,9-12,14,17-19H,1H3,(H,15,16)(H,20,21). The third-order valence-electron chi connectivity index (χ3n) is 3.41. The van der Waals surface area contributed by atoms with Crippen LogP contribution in [0, 0.1) is 6.92 Å². The lowest BCUT2D eigenvalue weighted by Crippen LogP contribution is -2.61. The molecule has 1 amide bonds. The normalized spacial score (nSPS) is 30.5. The maximum Gasteiger partial charge on any atom is 0.335 e. The Morgan fingerprint density at radius 3 is 2.57 bits per heavy atom. The number of nitrogens with one attached hydrogen (secondary N) is 1. The number of amides is 1. The molecule has 0 radical (unpaired) electrons. The molecular weight excluding hydrogens is 310 g/mol. The highest BCUT2D eigenvalue weighted by atomic mass is 16.7. The number of carbonyl (C=O) groups is 2. The average Bonchev–Trinajstić information content (AvgIpc) is 2.50. The molecule has 126 valence electrons. The summed E-state index contributed by atoms with van der Waals surface area (Å²) in [4.78, 5) is 21.7. The van der Waals surface area contributed by atoms with Crippen molar-refractivity contribution in [2.24, 2.45) is 0 Å². The van der Waals surface area contributed by atoms with Gasteiger partial charge in [-0.25, -0.2) is 4.79 Å². The zero-order valence-corrected chi connectivity index (χ0v) is 12.1. The molecule has 9 heteroatoms. The van der Waals surface area contributed by atoms with Gasteiger partial charge in [-0.05, 0) is 24.6 Å². The van der Waals surface area contributed by atoms with Gasteiger partial charge in [0.1, 0.15) is 24.1 Å². The summed E-state index contributed by atoms with van der Waals surface area (Å²) >= 11 is 0. The van der Waals surface area contributed by atoms with Gasteiger partial charge in [-0.1, -0.05) is 6.07 Å². The highest BCUT2D eigenvalue weighted by Gasteiger charge is 2.48. The summed E-state index contributed by atoms with van der Waals surface area (Å²) in [7, 11) is 0. The van der Waals surface area contributed by atoms with Crippen LogP contribution in [0.2, 0.25) is 0 Å². The summed E-state index contributed by atoms with van der Waals surface area (Å²) in [6.45, 7) is 1.78. The van der Waals surface area contributed by atoms with Gasteiger partial charge in [0.15, 0.2) is 6.10 Å². The third-order valence-corrected chi connectivity index (χ3v) is 3.41. The second-order valence-electron chi connectivity index (χ2n) is 5.11. The van der Waals surface area contributed by atoms with Gasteiger partial charge in [0.2, 0.25) is 12.7 Å². The number of aryl methyl sites for hydroxylation is 1. The molecule has 5 N–H and O–H groups in total. The van der Waals surface area contributed by atoms with Crippen molar-refractivity contribution < 1.29 is 39.5 Å². The Morgan fingerprint density at radius 2 is 1.96 bits per heavy atom. The Morgan fingerprint density at radius 1 is 1.26 bits per heavy atom. The minimum atomic E-state index is -1.80. The van der Waals surface area contributed by atoms with Crippen LogP contribution in [0.25, 0.3) is 0 Å². The first-order chi connectivity index (χ1) is 10.8. The molecule has 2 rings (SSSR count). The van der Waals surface area contributed by atoms with Crippen LogP contribution in [0.1, 0.15) is 5.56 Å². The second kappa shape index (κ2) is 6.92. The first kappa shape index (κ1) is 17.2. The zero-order valence-electron chi connectivity index (χ0n) is 12.1. The molecule has 0 aliphatic carbocycles. The molecule has 1 saturated heterocycles. The predicted octanol–water partition coefficient (Wildman–Crippen LogP) is -1.17. The van der Waals surface area contributed by atoms with E-state index >= 15 is 0 Å². The monoisotopic (exact) mass is 327 g/mol. The van der Waals surface area contributed by atoms with Gasteiger partial charge in [0.05, 0.1) is 5.69 Å². The van der Waals surface area contributed by atoms with Crippen LogP contribution in [-0.2, 0) is 14.3 Å². The number of aliphatic hydroxyl groups is 3. The molecule has 5 atom stereocenters. The summed E-state index contributed by atoms with van der Waals surface area (Å²) in [5.41, 5.74) is 1.11. The topological polar surface area (TPSA) is 146 Å². The summed E-state index contributed by atoms with van der Waals surface area (Å²) in [6.07, 6.45) is -8.10. The van der Waals surface area contributed by atoms with E-state index in [0.717, 1.165) is 5.56 Å². The van der Waals surface area contributed by atoms with Crippen molar-refractivity contribution in [2.75, 3.05) is 5.32 Å². The molecule has 1 aliphatic rings. The van der Waals surface area contributed by atoms with E-state index in [1.165, 1.54) is 6.07 Å². The SMILES string of the molecule is Cc1ccc(OC2OC(C(=O)O)C(O)C(O)C2O)c(NC=O)c1. The number of anilines is 1. The van der Waals surface area contributed by atoms with E-state index < -0.39 is 36.7 Å². The Balaban J connectivity index is 2.24. The molecule has 1 aliphatic heterocycles. The van der Waals surface area contributed by atoms with Gasteiger partial charge in [0, 0.05) is 0 Å². The van der Waals surface area contributed by atoms with E-state index in [4.69, 9.17) is 14.6 Å². The molecule has 5 unspecified atom stereocenters. The van der Waals surface area contributed by atoms with Crippen molar-refractivity contribution >= 4 is 18.1 Å². The molecule has 0 spiro atoms. The Labute approximate surface area is 131 Å². The Hall–Kier alpha value is -2.20. The largest absolute Gasteiger partial charge is 0.479 e. The number of carboxylic acid groups (broad SMARTS) is 1. The minimum Gasteiger partial charge on any atom is -0.479 e. The van der Waals surface area contributed by atoms with E-state index in [1.54, 1.807) is 19.1 Å². The second-order valence-corrected chi connectivity index (χ2v) is 5.11. The molecule has 23 heavy (non-hydrogen) atoms. The van der Waals surface area contributed by atoms with Crippen LogP contribution in [0.3, 0.4) is 0 Å². The van der Waals surface area contributed by atoms with E-state index in [1.807, 2.05) is 0 Å². The van der Waals surface area contributed by atoms with Crippen molar-refractivity contribution in [3.63, 3.8) is 0 Å². The van der Waals surface area contributed by atoms with Crippen LogP contribution >= 0.6 is 0 Å². The molecule has 0 saturated carbocycles. The van der Waals surface area contributed by atoms with Crippen LogP contribution in [0.5, 0.6) is 5.75 Å². The van der Waals surface area contributed by atoms with E-state index in [-0.39, 0.29) is 11.4 Å². The van der Waals surface area contributed by atoms with Crippen molar-refractivity contribution in [1.29, 1.82) is 0 Å². The number of ether oxygens (including phenoxy) is 2. The third kappa shape index (κ3) is 3.59. The lowest BCUT2D eigenvalue weighted by molar-refractivity contribution is -0.271. The van der Waals surface area contributed by atoms with Crippen molar-refractivity contribution in [3.8, 4) is 5.75 Å². The number of benzene rings is 1. The van der Waals surface area contributed by atoms with E-state index in [0.29, 0.717) is 6.41 Å². The van der Waals surface area contributed by atoms with Crippen LogP contribution in [-0.4, -0.2) is 63.5 Å². The zero-order chi connectivity index (χ0) is 17.1. The minimum absolute atomic E-state index is 0.111. The van der Waals surface area contributed by atoms with Gasteiger partial charge in [-0.2, -0.15) is 0 Å². The molecule has 1 fully saturated rings.